The molecule has 2 aromatic rings. The van der Waals surface area contributed by atoms with Gasteiger partial charge in [-0.25, -0.2) is 0 Å². The summed E-state index contributed by atoms with van der Waals surface area (Å²) >= 11 is -0.246. The van der Waals surface area contributed by atoms with Crippen LogP contribution in [0.3, 0.4) is 0 Å². The summed E-state index contributed by atoms with van der Waals surface area (Å²) in [7, 11) is -2.41. The smallest absolute Gasteiger partial charge is 1.00 e. The summed E-state index contributed by atoms with van der Waals surface area (Å²) in [6.07, 6.45) is 11.2. The molecule has 2 atom stereocenters. The van der Waals surface area contributed by atoms with Crippen molar-refractivity contribution in [1.82, 2.24) is 0 Å². The van der Waals surface area contributed by atoms with Crippen LogP contribution in [0.4, 0.5) is 0 Å². The second-order valence-electron chi connectivity index (χ2n) is 11.4. The predicted octanol–water partition coefficient (Wildman–Crippen LogP) is 2.96. The minimum atomic E-state index is -1.21. The first-order valence-corrected chi connectivity index (χ1v) is 20.5. The standard InChI is InChI=1S/2C15H19Si.2ClH.Ti/c2*1-2-10-16(11-5-12-16)15-9-8-13-6-3-4-7-14(13)15;;;/h2*3-4,6-8,15H,2,5,10-12H2,1H3;2*1H;/q;;;;+2/p-2. The quantitative estimate of drug-likeness (QED) is 0.427. The molecule has 0 bridgehead atoms. The molecule has 4 aliphatic rings. The molecule has 2 aliphatic heterocycles. The van der Waals surface area contributed by atoms with Crippen LogP contribution in [0.2, 0.25) is 36.3 Å². The van der Waals surface area contributed by atoms with Crippen LogP contribution in [0, 0.1) is 0 Å². The maximum Gasteiger partial charge on any atom is -1.00 e. The molecule has 0 nitrogen and oxygen atoms in total. The van der Waals surface area contributed by atoms with Crippen molar-refractivity contribution in [1.29, 1.82) is 0 Å². The molecule has 0 N–H and O–H groups in total. The van der Waals surface area contributed by atoms with Gasteiger partial charge in [0.25, 0.3) is 0 Å². The molecule has 0 radical (unpaired) electrons. The zero-order valence-corrected chi connectivity index (χ0v) is 26.3. The number of hydrogen-bond donors (Lipinski definition) is 0. The maximum atomic E-state index is 2.71. The van der Waals surface area contributed by atoms with Crippen LogP contribution in [0.5, 0.6) is 0 Å². The maximum absolute atomic E-state index is 2.71. The molecule has 2 unspecified atom stereocenters. The van der Waals surface area contributed by atoms with Crippen molar-refractivity contribution in [3.05, 3.63) is 78.5 Å². The van der Waals surface area contributed by atoms with Gasteiger partial charge in [-0.15, -0.1) is 0 Å². The Morgan fingerprint density at radius 1 is 0.657 bits per heavy atom. The normalized spacial score (nSPS) is 24.3. The van der Waals surface area contributed by atoms with Crippen LogP contribution in [0.15, 0.2) is 56.3 Å². The molecule has 6 rings (SSSR count). The average Bonchev–Trinajstić information content (AvgIpc) is 3.32. The largest absolute Gasteiger partial charge is 1.00 e. The first-order valence-electron chi connectivity index (χ1n) is 13.6. The molecule has 0 amide bonds. The number of rotatable bonds is 8. The number of halogens is 2. The van der Waals surface area contributed by atoms with Gasteiger partial charge in [-0.05, 0) is 0 Å². The fourth-order valence-electron chi connectivity index (χ4n) is 7.97. The van der Waals surface area contributed by atoms with E-state index in [2.05, 4.69) is 74.5 Å². The number of allylic oxidation sites excluding steroid dienone is 2. The summed E-state index contributed by atoms with van der Waals surface area (Å²) < 4.78 is 3.86. The predicted molar refractivity (Wildman–Crippen MR) is 144 cm³/mol. The van der Waals surface area contributed by atoms with Crippen molar-refractivity contribution in [3.8, 4) is 0 Å². The fraction of sp³-hybridized carbons (Fsp3) is 0.467. The Balaban J connectivity index is 0.00000144. The number of hydrogen-bond acceptors (Lipinski definition) is 0. The van der Waals surface area contributed by atoms with Crippen LogP contribution < -0.4 is 24.8 Å². The van der Waals surface area contributed by atoms with E-state index in [1.807, 2.05) is 7.76 Å². The van der Waals surface area contributed by atoms with E-state index in [9.17, 15) is 0 Å². The van der Waals surface area contributed by atoms with Gasteiger partial charge in [-0.2, -0.15) is 0 Å². The van der Waals surface area contributed by atoms with E-state index in [1.54, 1.807) is 58.5 Å². The Bertz CT molecular complexity index is 1030. The first-order chi connectivity index (χ1) is 16.2. The third kappa shape index (κ3) is 4.59. The van der Waals surface area contributed by atoms with E-state index < -0.39 is 16.1 Å². The van der Waals surface area contributed by atoms with Crippen LogP contribution in [0.25, 0.3) is 12.2 Å². The molecular weight excluding hydrogens is 535 g/mol. The van der Waals surface area contributed by atoms with Gasteiger partial charge < -0.3 is 24.8 Å². The van der Waals surface area contributed by atoms with E-state index in [0.29, 0.717) is 0 Å². The molecule has 2 aromatic carbocycles. The second-order valence-corrected chi connectivity index (χ2v) is 23.2. The van der Waals surface area contributed by atoms with Gasteiger partial charge in [0, 0.05) is 0 Å². The second kappa shape index (κ2) is 11.2. The van der Waals surface area contributed by atoms with Crippen LogP contribution in [-0.2, 0) is 19.2 Å². The van der Waals surface area contributed by atoms with Gasteiger partial charge in [0.2, 0.25) is 0 Å². The molecule has 184 valence electrons. The van der Waals surface area contributed by atoms with E-state index in [4.69, 9.17) is 0 Å². The van der Waals surface area contributed by atoms with Gasteiger partial charge in [0.15, 0.2) is 0 Å². The SMILES string of the molecule is CCC[Si]1(C2[C]([Ti+2][C]3=Cc4ccccc4C3[Si]3(CCC)CCC3)=Cc3ccccc32)CCC1.[Cl-].[Cl-]. The Morgan fingerprint density at radius 2 is 1.06 bits per heavy atom. The molecule has 0 aromatic heterocycles. The monoisotopic (exact) mass is 572 g/mol. The zero-order chi connectivity index (χ0) is 22.5. The summed E-state index contributed by atoms with van der Waals surface area (Å²) in [5, 5.41) is 0. The molecule has 2 fully saturated rings. The zero-order valence-electron chi connectivity index (χ0n) is 21.3. The third-order valence-corrected chi connectivity index (χ3v) is 24.8. The van der Waals surface area contributed by atoms with Crippen molar-refractivity contribution in [3.63, 3.8) is 0 Å². The van der Waals surface area contributed by atoms with Gasteiger partial charge in [0.1, 0.15) is 0 Å². The summed E-state index contributed by atoms with van der Waals surface area (Å²) in [6.45, 7) is 4.88. The third-order valence-electron chi connectivity index (χ3n) is 9.57. The van der Waals surface area contributed by atoms with Crippen LogP contribution in [0.1, 0.15) is 72.9 Å². The van der Waals surface area contributed by atoms with E-state index in [-0.39, 0.29) is 44.0 Å². The van der Waals surface area contributed by atoms with Crippen molar-refractivity contribution in [2.45, 2.75) is 86.9 Å². The van der Waals surface area contributed by atoms with Crippen molar-refractivity contribution < 1.29 is 44.0 Å². The van der Waals surface area contributed by atoms with Gasteiger partial charge in [-0.1, -0.05) is 0 Å². The van der Waals surface area contributed by atoms with Crippen LogP contribution >= 0.6 is 0 Å². The van der Waals surface area contributed by atoms with E-state index in [0.717, 1.165) is 11.1 Å². The molecule has 0 saturated carbocycles. The van der Waals surface area contributed by atoms with Crippen molar-refractivity contribution in [2.75, 3.05) is 0 Å². The molecule has 5 heteroatoms. The number of fused-ring (bicyclic) bond motifs is 2. The number of benzene rings is 2. The molecule has 0 spiro atoms. The van der Waals surface area contributed by atoms with Crippen molar-refractivity contribution >= 4 is 28.3 Å². The summed E-state index contributed by atoms with van der Waals surface area (Å²) in [4.78, 5) is 0. The Kier molecular flexibility index (Phi) is 8.84. The molecule has 2 saturated heterocycles. The summed E-state index contributed by atoms with van der Waals surface area (Å²) in [5.74, 6) is 0. The molecular formula is C30H38Cl2Si2Ti. The summed E-state index contributed by atoms with van der Waals surface area (Å²) in [6, 6.07) is 28.5. The molecule has 2 aliphatic carbocycles. The first kappa shape index (κ1) is 27.7. The van der Waals surface area contributed by atoms with E-state index >= 15 is 0 Å². The Morgan fingerprint density at radius 3 is 1.40 bits per heavy atom. The average molecular weight is 574 g/mol. The molecule has 2 heterocycles. The Labute approximate surface area is 236 Å². The van der Waals surface area contributed by atoms with Crippen molar-refractivity contribution in [2.24, 2.45) is 0 Å². The van der Waals surface area contributed by atoms with Gasteiger partial charge >= 0.3 is 213 Å². The minimum Gasteiger partial charge on any atom is -1.00 e. The van der Waals surface area contributed by atoms with E-state index in [1.165, 1.54) is 25.7 Å². The van der Waals surface area contributed by atoms with Gasteiger partial charge in [0.05, 0.1) is 0 Å². The minimum absolute atomic E-state index is 0. The van der Waals surface area contributed by atoms with Crippen LogP contribution in [-0.4, -0.2) is 16.1 Å². The Hall–Kier alpha value is -0.352. The fourth-order valence-corrected chi connectivity index (χ4v) is 24.2. The van der Waals surface area contributed by atoms with Gasteiger partial charge in [-0.3, -0.25) is 0 Å². The summed E-state index contributed by atoms with van der Waals surface area (Å²) in [5.41, 5.74) is 8.30. The topological polar surface area (TPSA) is 0 Å². The molecule has 35 heavy (non-hydrogen) atoms.